The molecule has 2 unspecified atom stereocenters. The van der Waals surface area contributed by atoms with Crippen LogP contribution >= 0.6 is 0 Å². The van der Waals surface area contributed by atoms with Gasteiger partial charge in [-0.15, -0.1) is 0 Å². The van der Waals surface area contributed by atoms with Gasteiger partial charge in [0, 0.05) is 19.1 Å². The van der Waals surface area contributed by atoms with E-state index < -0.39 is 11.7 Å². The SMILES string of the molecule is CC1CCCN(C(=O)c2c(O)cccc2F)C1CN. The molecule has 2 rings (SSSR count). The molecule has 1 amide bonds. The summed E-state index contributed by atoms with van der Waals surface area (Å²) < 4.78 is 13.7. The molecule has 0 aliphatic carbocycles. The van der Waals surface area contributed by atoms with Crippen LogP contribution in [0, 0.1) is 11.7 Å². The molecule has 3 N–H and O–H groups in total. The summed E-state index contributed by atoms with van der Waals surface area (Å²) in [6.07, 6.45) is 1.88. The van der Waals surface area contributed by atoms with Gasteiger partial charge in [-0.25, -0.2) is 4.39 Å². The molecule has 5 heteroatoms. The molecule has 1 aromatic rings. The number of aromatic hydroxyl groups is 1. The van der Waals surface area contributed by atoms with Crippen molar-refractivity contribution in [1.82, 2.24) is 4.90 Å². The molecular weight excluding hydrogens is 247 g/mol. The Bertz CT molecular complexity index is 458. The predicted molar refractivity (Wildman–Crippen MR) is 70.3 cm³/mol. The Kier molecular flexibility index (Phi) is 4.04. The van der Waals surface area contributed by atoms with Crippen molar-refractivity contribution in [1.29, 1.82) is 0 Å². The number of carbonyl (C=O) groups excluding carboxylic acids is 1. The van der Waals surface area contributed by atoms with Crippen molar-refractivity contribution in [2.24, 2.45) is 11.7 Å². The molecule has 0 radical (unpaired) electrons. The van der Waals surface area contributed by atoms with Crippen molar-refractivity contribution < 1.29 is 14.3 Å². The van der Waals surface area contributed by atoms with Crippen LogP contribution in [0.25, 0.3) is 0 Å². The van der Waals surface area contributed by atoms with E-state index in [0.29, 0.717) is 13.1 Å². The first-order chi connectivity index (χ1) is 9.06. The third kappa shape index (κ3) is 2.56. The van der Waals surface area contributed by atoms with Crippen molar-refractivity contribution in [2.45, 2.75) is 25.8 Å². The Morgan fingerprint density at radius 2 is 2.32 bits per heavy atom. The first-order valence-electron chi connectivity index (χ1n) is 6.54. The Morgan fingerprint density at radius 1 is 1.58 bits per heavy atom. The van der Waals surface area contributed by atoms with Gasteiger partial charge in [0.1, 0.15) is 17.1 Å². The fraction of sp³-hybridized carbons (Fsp3) is 0.500. The molecule has 0 bridgehead atoms. The number of nitrogens with zero attached hydrogens (tertiary/aromatic N) is 1. The zero-order chi connectivity index (χ0) is 14.0. The van der Waals surface area contributed by atoms with E-state index >= 15 is 0 Å². The number of piperidine rings is 1. The van der Waals surface area contributed by atoms with Gasteiger partial charge in [-0.2, -0.15) is 0 Å². The number of likely N-dealkylation sites (tertiary alicyclic amines) is 1. The van der Waals surface area contributed by atoms with Crippen LogP contribution in [-0.4, -0.2) is 35.0 Å². The maximum absolute atomic E-state index is 13.7. The number of hydrogen-bond donors (Lipinski definition) is 2. The number of hydrogen-bond acceptors (Lipinski definition) is 3. The molecule has 0 aromatic heterocycles. The third-order valence-electron chi connectivity index (χ3n) is 3.82. The van der Waals surface area contributed by atoms with Crippen molar-refractivity contribution in [3.8, 4) is 5.75 Å². The Balaban J connectivity index is 2.32. The Labute approximate surface area is 112 Å². The highest BCUT2D eigenvalue weighted by molar-refractivity contribution is 5.97. The van der Waals surface area contributed by atoms with E-state index in [4.69, 9.17) is 5.73 Å². The van der Waals surface area contributed by atoms with E-state index in [9.17, 15) is 14.3 Å². The smallest absolute Gasteiger partial charge is 0.260 e. The lowest BCUT2D eigenvalue weighted by Gasteiger charge is -2.39. The van der Waals surface area contributed by atoms with E-state index in [1.54, 1.807) is 4.90 Å². The van der Waals surface area contributed by atoms with Gasteiger partial charge in [0.2, 0.25) is 0 Å². The second kappa shape index (κ2) is 5.57. The van der Waals surface area contributed by atoms with Gasteiger partial charge >= 0.3 is 0 Å². The molecular formula is C14H19FN2O2. The number of rotatable bonds is 2. The molecule has 1 fully saturated rings. The number of halogens is 1. The summed E-state index contributed by atoms with van der Waals surface area (Å²) in [5.41, 5.74) is 5.47. The molecule has 1 aliphatic rings. The van der Waals surface area contributed by atoms with E-state index in [-0.39, 0.29) is 23.3 Å². The Hall–Kier alpha value is -1.62. The van der Waals surface area contributed by atoms with Gasteiger partial charge in [0.05, 0.1) is 0 Å². The molecule has 1 saturated heterocycles. The van der Waals surface area contributed by atoms with Gasteiger partial charge in [-0.3, -0.25) is 4.79 Å². The van der Waals surface area contributed by atoms with Gasteiger partial charge in [0.15, 0.2) is 0 Å². The summed E-state index contributed by atoms with van der Waals surface area (Å²) in [6.45, 7) is 2.94. The highest BCUT2D eigenvalue weighted by Gasteiger charge is 2.33. The average Bonchev–Trinajstić information content (AvgIpc) is 2.38. The largest absolute Gasteiger partial charge is 0.507 e. The van der Waals surface area contributed by atoms with Crippen LogP contribution in [0.2, 0.25) is 0 Å². The van der Waals surface area contributed by atoms with Gasteiger partial charge in [-0.05, 0) is 30.9 Å². The normalized spacial score (nSPS) is 23.4. The number of benzene rings is 1. The van der Waals surface area contributed by atoms with E-state index in [1.165, 1.54) is 18.2 Å². The van der Waals surface area contributed by atoms with Crippen molar-refractivity contribution in [2.75, 3.05) is 13.1 Å². The van der Waals surface area contributed by atoms with Crippen LogP contribution in [0.3, 0.4) is 0 Å². The van der Waals surface area contributed by atoms with Gasteiger partial charge in [-0.1, -0.05) is 13.0 Å². The molecule has 1 aromatic carbocycles. The average molecular weight is 266 g/mol. The second-order valence-corrected chi connectivity index (χ2v) is 5.06. The van der Waals surface area contributed by atoms with Crippen molar-refractivity contribution in [3.05, 3.63) is 29.6 Å². The van der Waals surface area contributed by atoms with E-state index in [2.05, 4.69) is 0 Å². The first kappa shape index (κ1) is 13.8. The second-order valence-electron chi connectivity index (χ2n) is 5.06. The summed E-state index contributed by atoms with van der Waals surface area (Å²) in [5, 5.41) is 9.70. The van der Waals surface area contributed by atoms with E-state index in [0.717, 1.165) is 12.8 Å². The van der Waals surface area contributed by atoms with Crippen LogP contribution < -0.4 is 5.73 Å². The first-order valence-corrected chi connectivity index (χ1v) is 6.54. The lowest BCUT2D eigenvalue weighted by atomic mass is 9.90. The lowest BCUT2D eigenvalue weighted by molar-refractivity contribution is 0.0524. The van der Waals surface area contributed by atoms with Crippen LogP contribution in [0.1, 0.15) is 30.1 Å². The van der Waals surface area contributed by atoms with Crippen LogP contribution in [0.5, 0.6) is 5.75 Å². The maximum atomic E-state index is 13.7. The summed E-state index contributed by atoms with van der Waals surface area (Å²) in [6, 6.07) is 3.78. The number of carbonyl (C=O) groups is 1. The molecule has 19 heavy (non-hydrogen) atoms. The number of amides is 1. The zero-order valence-corrected chi connectivity index (χ0v) is 11.0. The zero-order valence-electron chi connectivity index (χ0n) is 11.0. The highest BCUT2D eigenvalue weighted by Crippen LogP contribution is 2.28. The molecule has 4 nitrogen and oxygen atoms in total. The van der Waals surface area contributed by atoms with Crippen molar-refractivity contribution in [3.63, 3.8) is 0 Å². The van der Waals surface area contributed by atoms with E-state index in [1.807, 2.05) is 6.92 Å². The standard InChI is InChI=1S/C14H19FN2O2/c1-9-4-3-7-17(11(9)8-16)14(19)13-10(15)5-2-6-12(13)18/h2,5-6,9,11,18H,3-4,7-8,16H2,1H3. The van der Waals surface area contributed by atoms with Gasteiger partial charge < -0.3 is 15.7 Å². The highest BCUT2D eigenvalue weighted by atomic mass is 19.1. The predicted octanol–water partition coefficient (Wildman–Crippen LogP) is 1.73. The lowest BCUT2D eigenvalue weighted by Crippen LogP contribution is -2.51. The van der Waals surface area contributed by atoms with Crippen LogP contribution in [0.4, 0.5) is 4.39 Å². The quantitative estimate of drug-likeness (QED) is 0.856. The number of phenols is 1. The molecule has 2 atom stereocenters. The molecule has 0 spiro atoms. The maximum Gasteiger partial charge on any atom is 0.260 e. The Morgan fingerprint density at radius 3 is 2.95 bits per heavy atom. The minimum absolute atomic E-state index is 0.0970. The molecule has 104 valence electrons. The summed E-state index contributed by atoms with van der Waals surface area (Å²) in [7, 11) is 0. The monoisotopic (exact) mass is 266 g/mol. The number of phenolic OH excluding ortho intramolecular Hbond substituents is 1. The third-order valence-corrected chi connectivity index (χ3v) is 3.82. The topological polar surface area (TPSA) is 66.6 Å². The molecule has 1 heterocycles. The number of nitrogens with two attached hydrogens (primary N) is 1. The minimum Gasteiger partial charge on any atom is -0.507 e. The fourth-order valence-corrected chi connectivity index (χ4v) is 2.73. The van der Waals surface area contributed by atoms with Gasteiger partial charge in [0.25, 0.3) is 5.91 Å². The van der Waals surface area contributed by atoms with Crippen molar-refractivity contribution >= 4 is 5.91 Å². The summed E-state index contributed by atoms with van der Waals surface area (Å²) in [4.78, 5) is 14.0. The van der Waals surface area contributed by atoms with Crippen LogP contribution in [0.15, 0.2) is 18.2 Å². The summed E-state index contributed by atoms with van der Waals surface area (Å²) >= 11 is 0. The fourth-order valence-electron chi connectivity index (χ4n) is 2.73. The summed E-state index contributed by atoms with van der Waals surface area (Å²) in [5.74, 6) is -1.20. The molecule has 0 saturated carbocycles. The van der Waals surface area contributed by atoms with Crippen LogP contribution in [-0.2, 0) is 0 Å². The molecule has 1 aliphatic heterocycles. The minimum atomic E-state index is -0.695.